The summed E-state index contributed by atoms with van der Waals surface area (Å²) < 4.78 is 34.4. The number of aromatic nitrogens is 2. The van der Waals surface area contributed by atoms with Gasteiger partial charge in [-0.25, -0.2) is 0 Å². The first-order chi connectivity index (χ1) is 12.0. The molecule has 2 aliphatic heterocycles. The second-order valence-electron chi connectivity index (χ2n) is 6.83. The van der Waals surface area contributed by atoms with E-state index in [0.717, 1.165) is 32.1 Å². The van der Waals surface area contributed by atoms with E-state index in [4.69, 9.17) is 4.52 Å². The maximum atomic E-state index is 12.9. The maximum Gasteiger partial charge on any atom is 0.282 e. The van der Waals surface area contributed by atoms with Crippen molar-refractivity contribution in [1.82, 2.24) is 23.7 Å². The minimum atomic E-state index is -3.33. The van der Waals surface area contributed by atoms with Crippen molar-refractivity contribution < 1.29 is 12.9 Å². The first kappa shape index (κ1) is 18.8. The van der Waals surface area contributed by atoms with E-state index < -0.39 is 10.2 Å². The Balaban J connectivity index is 1.59. The third-order valence-corrected chi connectivity index (χ3v) is 7.23. The average Bonchev–Trinajstić information content (AvgIpc) is 2.94. The number of nitrogens with zero attached hydrogens (tertiary/aromatic N) is 5. The maximum absolute atomic E-state index is 12.9. The highest BCUT2D eigenvalue weighted by atomic mass is 32.2. The van der Waals surface area contributed by atoms with Crippen molar-refractivity contribution in [3.8, 4) is 0 Å². The molecule has 0 bridgehead atoms. The molecule has 3 heterocycles. The fourth-order valence-corrected chi connectivity index (χ4v) is 5.17. The fraction of sp³-hybridized carbons (Fsp3) is 0.875. The molecule has 25 heavy (non-hydrogen) atoms. The molecule has 0 aliphatic carbocycles. The van der Waals surface area contributed by atoms with Crippen LogP contribution in [-0.4, -0.2) is 71.3 Å². The number of hydrogen-bond donors (Lipinski definition) is 0. The van der Waals surface area contributed by atoms with Crippen molar-refractivity contribution in [2.75, 3.05) is 39.3 Å². The zero-order valence-electron chi connectivity index (χ0n) is 15.2. The quantitative estimate of drug-likeness (QED) is 0.779. The molecule has 2 saturated heterocycles. The molecule has 0 unspecified atom stereocenters. The van der Waals surface area contributed by atoms with Gasteiger partial charge in [-0.2, -0.15) is 22.0 Å². The molecule has 1 aromatic rings. The van der Waals surface area contributed by atoms with Crippen molar-refractivity contribution in [2.45, 2.75) is 52.0 Å². The first-order valence-corrected chi connectivity index (χ1v) is 10.7. The van der Waals surface area contributed by atoms with Gasteiger partial charge in [0.05, 0.1) is 6.04 Å². The Morgan fingerprint density at radius 3 is 2.16 bits per heavy atom. The van der Waals surface area contributed by atoms with Crippen molar-refractivity contribution in [1.29, 1.82) is 0 Å². The number of rotatable bonds is 5. The highest BCUT2D eigenvalue weighted by Crippen LogP contribution is 2.23. The molecule has 0 saturated carbocycles. The van der Waals surface area contributed by atoms with Gasteiger partial charge in [0, 0.05) is 45.7 Å². The average molecular weight is 372 g/mol. The predicted molar refractivity (Wildman–Crippen MR) is 94.2 cm³/mol. The van der Waals surface area contributed by atoms with Crippen LogP contribution < -0.4 is 0 Å². The summed E-state index contributed by atoms with van der Waals surface area (Å²) in [6, 6.07) is 0.0100. The van der Waals surface area contributed by atoms with Crippen LogP contribution in [0.5, 0.6) is 0 Å². The Kier molecular flexibility index (Phi) is 6.08. The lowest BCUT2D eigenvalue weighted by molar-refractivity contribution is 0.121. The highest BCUT2D eigenvalue weighted by molar-refractivity contribution is 7.86. The smallest absolute Gasteiger partial charge is 0.282 e. The van der Waals surface area contributed by atoms with Gasteiger partial charge < -0.3 is 4.52 Å². The van der Waals surface area contributed by atoms with Crippen LogP contribution in [0.25, 0.3) is 0 Å². The third kappa shape index (κ3) is 4.21. The molecule has 0 amide bonds. The topological polar surface area (TPSA) is 82.8 Å². The Labute approximate surface area is 150 Å². The summed E-state index contributed by atoms with van der Waals surface area (Å²) in [4.78, 5) is 6.61. The van der Waals surface area contributed by atoms with Gasteiger partial charge in [-0.05, 0) is 19.8 Å². The SMILES string of the molecule is CCc1noc([C@@H](C)N2CCN(S(=O)(=O)N3CCCCCC3)CC2)n1. The molecule has 9 heteroatoms. The van der Waals surface area contributed by atoms with E-state index in [1.165, 1.54) is 0 Å². The molecule has 8 nitrogen and oxygen atoms in total. The van der Waals surface area contributed by atoms with Crippen LogP contribution in [0.4, 0.5) is 0 Å². The summed E-state index contributed by atoms with van der Waals surface area (Å²) in [6.07, 6.45) is 4.93. The zero-order chi connectivity index (χ0) is 17.9. The second-order valence-corrected chi connectivity index (χ2v) is 8.76. The van der Waals surface area contributed by atoms with E-state index in [2.05, 4.69) is 15.0 Å². The van der Waals surface area contributed by atoms with Gasteiger partial charge in [0.15, 0.2) is 5.82 Å². The molecule has 2 aliphatic rings. The summed E-state index contributed by atoms with van der Waals surface area (Å²) in [5.41, 5.74) is 0. The summed E-state index contributed by atoms with van der Waals surface area (Å²) in [6.45, 7) is 7.71. The zero-order valence-corrected chi connectivity index (χ0v) is 16.0. The molecule has 0 radical (unpaired) electrons. The van der Waals surface area contributed by atoms with Crippen LogP contribution in [0.15, 0.2) is 4.52 Å². The lowest BCUT2D eigenvalue weighted by Crippen LogP contribution is -2.53. The monoisotopic (exact) mass is 371 g/mol. The highest BCUT2D eigenvalue weighted by Gasteiger charge is 2.34. The predicted octanol–water partition coefficient (Wildman–Crippen LogP) is 1.43. The van der Waals surface area contributed by atoms with Gasteiger partial charge in [0.25, 0.3) is 10.2 Å². The van der Waals surface area contributed by atoms with E-state index >= 15 is 0 Å². The van der Waals surface area contributed by atoms with Crippen LogP contribution in [0.1, 0.15) is 57.3 Å². The van der Waals surface area contributed by atoms with Gasteiger partial charge in [-0.3, -0.25) is 4.90 Å². The van der Waals surface area contributed by atoms with E-state index in [-0.39, 0.29) is 6.04 Å². The molecule has 142 valence electrons. The van der Waals surface area contributed by atoms with Crippen molar-refractivity contribution in [2.24, 2.45) is 0 Å². The van der Waals surface area contributed by atoms with Gasteiger partial charge in [0.2, 0.25) is 5.89 Å². The van der Waals surface area contributed by atoms with Crippen molar-refractivity contribution in [3.05, 3.63) is 11.7 Å². The second kappa shape index (κ2) is 8.11. The van der Waals surface area contributed by atoms with Crippen molar-refractivity contribution >= 4 is 10.2 Å². The van der Waals surface area contributed by atoms with E-state index in [1.54, 1.807) is 8.61 Å². The van der Waals surface area contributed by atoms with E-state index in [9.17, 15) is 8.42 Å². The largest absolute Gasteiger partial charge is 0.338 e. The fourth-order valence-electron chi connectivity index (χ4n) is 3.49. The van der Waals surface area contributed by atoms with Crippen molar-refractivity contribution in [3.63, 3.8) is 0 Å². The first-order valence-electron chi connectivity index (χ1n) is 9.34. The van der Waals surface area contributed by atoms with Crippen LogP contribution in [0, 0.1) is 0 Å². The van der Waals surface area contributed by atoms with Gasteiger partial charge in [-0.15, -0.1) is 0 Å². The molecule has 0 N–H and O–H groups in total. The minimum absolute atomic E-state index is 0.0100. The van der Waals surface area contributed by atoms with E-state index in [0.29, 0.717) is 51.0 Å². The Hall–Kier alpha value is -1.03. The normalized spacial score (nSPS) is 23.4. The summed E-state index contributed by atoms with van der Waals surface area (Å²) in [7, 11) is -3.33. The standard InChI is InChI=1S/C16H29N5O3S/c1-3-15-17-16(24-18-15)14(2)19-10-12-21(13-11-19)25(22,23)20-8-6-4-5-7-9-20/h14H,3-13H2,1-2H3/t14-/m1/s1. The number of aryl methyl sites for hydroxylation is 1. The minimum Gasteiger partial charge on any atom is -0.338 e. The van der Waals surface area contributed by atoms with Crippen LogP contribution in [0.3, 0.4) is 0 Å². The van der Waals surface area contributed by atoms with Gasteiger partial charge in [-0.1, -0.05) is 24.9 Å². The number of hydrogen-bond acceptors (Lipinski definition) is 6. The molecule has 1 aromatic heterocycles. The van der Waals surface area contributed by atoms with Gasteiger partial charge in [0.1, 0.15) is 0 Å². The summed E-state index contributed by atoms with van der Waals surface area (Å²) in [5.74, 6) is 1.32. The molecular weight excluding hydrogens is 342 g/mol. The Morgan fingerprint density at radius 1 is 1.00 bits per heavy atom. The lowest BCUT2D eigenvalue weighted by atomic mass is 10.2. The molecular formula is C16H29N5O3S. The Morgan fingerprint density at radius 2 is 1.60 bits per heavy atom. The third-order valence-electron chi connectivity index (χ3n) is 5.20. The molecule has 0 spiro atoms. The Bertz CT molecular complexity index is 646. The summed E-state index contributed by atoms with van der Waals surface area (Å²) in [5, 5.41) is 3.95. The van der Waals surface area contributed by atoms with Crippen LogP contribution >= 0.6 is 0 Å². The van der Waals surface area contributed by atoms with Gasteiger partial charge >= 0.3 is 0 Å². The van der Waals surface area contributed by atoms with Crippen LogP contribution in [-0.2, 0) is 16.6 Å². The molecule has 1 atom stereocenters. The summed E-state index contributed by atoms with van der Waals surface area (Å²) >= 11 is 0. The molecule has 2 fully saturated rings. The molecule has 0 aromatic carbocycles. The number of piperazine rings is 1. The van der Waals surface area contributed by atoms with E-state index in [1.807, 2.05) is 13.8 Å². The molecule has 3 rings (SSSR count). The van der Waals surface area contributed by atoms with Crippen LogP contribution in [0.2, 0.25) is 0 Å². The lowest BCUT2D eigenvalue weighted by Gasteiger charge is -2.38.